The second-order valence-corrected chi connectivity index (χ2v) is 9.18. The van der Waals surface area contributed by atoms with E-state index in [1.165, 1.54) is 29.3 Å². The molecule has 0 aliphatic heterocycles. The number of hydrogen-bond donors (Lipinski definition) is 0. The van der Waals surface area contributed by atoms with Crippen molar-refractivity contribution in [2.24, 2.45) is 5.92 Å². The number of benzene rings is 1. The molecular weight excluding hydrogens is 440 g/mol. The van der Waals surface area contributed by atoms with E-state index >= 15 is 0 Å². The van der Waals surface area contributed by atoms with Crippen molar-refractivity contribution in [1.82, 2.24) is 18.9 Å². The molecule has 8 nitrogen and oxygen atoms in total. The van der Waals surface area contributed by atoms with Crippen molar-refractivity contribution in [3.8, 4) is 0 Å². The molecule has 0 saturated carbocycles. The minimum absolute atomic E-state index is 0.163. The molecule has 0 amide bonds. The van der Waals surface area contributed by atoms with Crippen molar-refractivity contribution < 1.29 is 9.53 Å². The van der Waals surface area contributed by atoms with Crippen LogP contribution in [0.2, 0.25) is 0 Å². The average Bonchev–Trinajstić information content (AvgIpc) is 2.78. The highest BCUT2D eigenvalue weighted by atomic mass is 32.2. The molecule has 0 fully saturated rings. The predicted molar refractivity (Wildman–Crippen MR) is 128 cm³/mol. The Balaban J connectivity index is 1.76. The van der Waals surface area contributed by atoms with Crippen molar-refractivity contribution in [2.45, 2.75) is 38.2 Å². The number of methoxy groups -OCH3 is 1. The van der Waals surface area contributed by atoms with Gasteiger partial charge in [-0.2, -0.15) is 0 Å². The molecule has 1 aromatic carbocycles. The molecule has 9 heteroatoms. The number of rotatable bonds is 6. The van der Waals surface area contributed by atoms with Gasteiger partial charge in [0.2, 0.25) is 0 Å². The van der Waals surface area contributed by atoms with E-state index in [4.69, 9.17) is 4.74 Å². The Labute approximate surface area is 194 Å². The molecule has 0 saturated heterocycles. The molecule has 3 aromatic heterocycles. The third-order valence-corrected chi connectivity index (χ3v) is 6.12. The van der Waals surface area contributed by atoms with E-state index in [9.17, 15) is 14.4 Å². The lowest BCUT2D eigenvalue weighted by molar-refractivity contribution is 0.0601. The first-order valence-corrected chi connectivity index (χ1v) is 11.5. The Bertz CT molecular complexity index is 1490. The summed E-state index contributed by atoms with van der Waals surface area (Å²) in [7, 11) is 1.31. The minimum atomic E-state index is -0.490. The van der Waals surface area contributed by atoms with Crippen LogP contribution in [0.5, 0.6) is 0 Å². The van der Waals surface area contributed by atoms with Crippen molar-refractivity contribution >= 4 is 34.3 Å². The highest BCUT2D eigenvalue weighted by molar-refractivity contribution is 7.98. The van der Waals surface area contributed by atoms with Crippen LogP contribution in [0.3, 0.4) is 0 Å². The number of aryl methyl sites for hydroxylation is 1. The summed E-state index contributed by atoms with van der Waals surface area (Å²) in [6, 6.07) is 9.95. The zero-order chi connectivity index (χ0) is 23.7. The van der Waals surface area contributed by atoms with Gasteiger partial charge >= 0.3 is 5.97 Å². The summed E-state index contributed by atoms with van der Waals surface area (Å²) in [5, 5.41) is 0.944. The van der Waals surface area contributed by atoms with Gasteiger partial charge in [0.25, 0.3) is 11.1 Å². The first-order chi connectivity index (χ1) is 15.8. The monoisotopic (exact) mass is 464 g/mol. The van der Waals surface area contributed by atoms with Gasteiger partial charge in [-0.05, 0) is 48.7 Å². The van der Waals surface area contributed by atoms with E-state index in [0.29, 0.717) is 45.3 Å². The van der Waals surface area contributed by atoms with Gasteiger partial charge in [0.05, 0.1) is 29.3 Å². The van der Waals surface area contributed by atoms with Gasteiger partial charge in [-0.25, -0.2) is 14.8 Å². The lowest BCUT2D eigenvalue weighted by atomic mass is 10.1. The van der Waals surface area contributed by atoms with E-state index in [0.717, 1.165) is 5.56 Å². The minimum Gasteiger partial charge on any atom is -0.465 e. The number of nitrogens with zero attached hydrogens (tertiary/aromatic N) is 4. The van der Waals surface area contributed by atoms with Crippen LogP contribution in [0.25, 0.3) is 16.6 Å². The Morgan fingerprint density at radius 3 is 2.64 bits per heavy atom. The largest absolute Gasteiger partial charge is 0.465 e. The number of thioether (sulfide) groups is 1. The summed E-state index contributed by atoms with van der Waals surface area (Å²) < 4.78 is 7.93. The van der Waals surface area contributed by atoms with Crippen molar-refractivity contribution in [2.75, 3.05) is 7.11 Å². The summed E-state index contributed by atoms with van der Waals surface area (Å²) in [5.41, 5.74) is 2.60. The molecular formula is C24H24N4O4S. The number of ether oxygens (including phenoxy) is 1. The topological polar surface area (TPSA) is 95.6 Å². The summed E-state index contributed by atoms with van der Waals surface area (Å²) in [6.45, 7) is 6.49. The maximum Gasteiger partial charge on any atom is 0.337 e. The lowest BCUT2D eigenvalue weighted by Crippen LogP contribution is -2.25. The molecule has 0 aliphatic rings. The fraction of sp³-hybridized carbons (Fsp3) is 0.292. The van der Waals surface area contributed by atoms with Gasteiger partial charge in [-0.1, -0.05) is 25.6 Å². The predicted octanol–water partition coefficient (Wildman–Crippen LogP) is 3.45. The third-order valence-electron chi connectivity index (χ3n) is 5.11. The number of aromatic nitrogens is 4. The van der Waals surface area contributed by atoms with Crippen LogP contribution in [0, 0.1) is 12.8 Å². The van der Waals surface area contributed by atoms with Gasteiger partial charge in [0.1, 0.15) is 5.65 Å². The Morgan fingerprint density at radius 2 is 1.91 bits per heavy atom. The molecule has 0 N–H and O–H groups in total. The first kappa shape index (κ1) is 22.7. The van der Waals surface area contributed by atoms with Crippen molar-refractivity contribution in [1.29, 1.82) is 0 Å². The molecule has 0 atom stereocenters. The zero-order valence-corrected chi connectivity index (χ0v) is 19.7. The maximum absolute atomic E-state index is 13.2. The Hall–Kier alpha value is -3.46. The summed E-state index contributed by atoms with van der Waals surface area (Å²) in [4.78, 5) is 47.0. The molecule has 3 heterocycles. The standard InChI is InChI=1S/C24H24N4O4S/c1-14(2)12-28-22(30)18-6-5-16(23(31)32-4)10-19(18)26-24(28)33-13-17-11-21(29)27-8-7-15(3)9-20(27)25-17/h5-11,14H,12-13H2,1-4H3. The van der Waals surface area contributed by atoms with Gasteiger partial charge < -0.3 is 4.74 Å². The van der Waals surface area contributed by atoms with E-state index in [1.54, 1.807) is 29.0 Å². The number of carbonyl (C=O) groups excluding carboxylic acids is 1. The van der Waals surface area contributed by atoms with E-state index in [-0.39, 0.29) is 17.0 Å². The van der Waals surface area contributed by atoms with Crippen LogP contribution in [0.15, 0.2) is 57.3 Å². The second-order valence-electron chi connectivity index (χ2n) is 8.23. The molecule has 0 radical (unpaired) electrons. The van der Waals surface area contributed by atoms with Crippen molar-refractivity contribution in [3.63, 3.8) is 0 Å². The number of esters is 1. The molecule has 4 aromatic rings. The number of hydrogen-bond acceptors (Lipinski definition) is 7. The molecule has 0 spiro atoms. The van der Waals surface area contributed by atoms with Crippen LogP contribution in [0.4, 0.5) is 0 Å². The average molecular weight is 465 g/mol. The molecule has 170 valence electrons. The number of fused-ring (bicyclic) bond motifs is 2. The summed E-state index contributed by atoms with van der Waals surface area (Å²) >= 11 is 1.34. The van der Waals surface area contributed by atoms with Crippen LogP contribution in [-0.4, -0.2) is 32.0 Å². The Kier molecular flexibility index (Phi) is 6.33. The van der Waals surface area contributed by atoms with E-state index in [1.807, 2.05) is 32.9 Å². The van der Waals surface area contributed by atoms with Gasteiger partial charge in [-0.15, -0.1) is 0 Å². The number of carbonyl (C=O) groups is 1. The zero-order valence-electron chi connectivity index (χ0n) is 18.9. The SMILES string of the molecule is COC(=O)c1ccc2c(=O)n(CC(C)C)c(SCc3cc(=O)n4ccc(C)cc4n3)nc2c1. The van der Waals surface area contributed by atoms with Crippen LogP contribution < -0.4 is 11.1 Å². The highest BCUT2D eigenvalue weighted by Gasteiger charge is 2.16. The first-order valence-electron chi connectivity index (χ1n) is 10.5. The highest BCUT2D eigenvalue weighted by Crippen LogP contribution is 2.23. The quantitative estimate of drug-likeness (QED) is 0.245. The van der Waals surface area contributed by atoms with E-state index < -0.39 is 5.97 Å². The fourth-order valence-electron chi connectivity index (χ4n) is 3.55. The van der Waals surface area contributed by atoms with Crippen LogP contribution in [0.1, 0.15) is 35.5 Å². The third kappa shape index (κ3) is 4.68. The maximum atomic E-state index is 13.2. The number of pyridine rings is 1. The van der Waals surface area contributed by atoms with E-state index in [2.05, 4.69) is 9.97 Å². The van der Waals surface area contributed by atoms with Crippen LogP contribution >= 0.6 is 11.8 Å². The normalized spacial score (nSPS) is 11.4. The molecule has 33 heavy (non-hydrogen) atoms. The molecule has 4 rings (SSSR count). The second kappa shape index (κ2) is 9.19. The fourth-order valence-corrected chi connectivity index (χ4v) is 4.45. The van der Waals surface area contributed by atoms with Gasteiger partial charge in [0, 0.05) is 24.6 Å². The summed E-state index contributed by atoms with van der Waals surface area (Å²) in [6.07, 6.45) is 1.71. The summed E-state index contributed by atoms with van der Waals surface area (Å²) in [5.74, 6) is 0.101. The van der Waals surface area contributed by atoms with Gasteiger partial charge in [-0.3, -0.25) is 18.6 Å². The smallest absolute Gasteiger partial charge is 0.337 e. The van der Waals surface area contributed by atoms with Crippen LogP contribution in [-0.2, 0) is 17.0 Å². The molecule has 0 bridgehead atoms. The molecule has 0 unspecified atom stereocenters. The van der Waals surface area contributed by atoms with Gasteiger partial charge in [0.15, 0.2) is 5.16 Å². The van der Waals surface area contributed by atoms with Crippen molar-refractivity contribution in [3.05, 3.63) is 80.1 Å². The lowest BCUT2D eigenvalue weighted by Gasteiger charge is -2.15. The Morgan fingerprint density at radius 1 is 1.12 bits per heavy atom. The molecule has 0 aliphatic carbocycles.